The molecule has 2 N–H and O–H groups in total. The van der Waals surface area contributed by atoms with Crippen LogP contribution in [-0.2, 0) is 15.9 Å². The van der Waals surface area contributed by atoms with Crippen molar-refractivity contribution in [2.75, 3.05) is 13.2 Å². The van der Waals surface area contributed by atoms with Crippen molar-refractivity contribution in [3.8, 4) is 0 Å². The molecule has 1 aliphatic heterocycles. The number of hydrogen-bond donors (Lipinski definition) is 2. The number of carbonyl (C=O) groups excluding carboxylic acids is 1. The van der Waals surface area contributed by atoms with Crippen molar-refractivity contribution in [3.05, 3.63) is 71.3 Å². The summed E-state index contributed by atoms with van der Waals surface area (Å²) in [4.78, 5) is 14.7. The number of ether oxygens (including phenoxy) is 1. The molecule has 0 aromatic heterocycles. The first-order valence-electron chi connectivity index (χ1n) is 10.3. The van der Waals surface area contributed by atoms with E-state index in [4.69, 9.17) is 4.74 Å². The fraction of sp³-hybridized carbons (Fsp3) is 0.458. The molecule has 0 bridgehead atoms. The van der Waals surface area contributed by atoms with E-state index in [9.17, 15) is 15.0 Å². The number of cyclic esters (lactones) is 1. The monoisotopic (exact) mass is 397 g/mol. The lowest BCUT2D eigenvalue weighted by Gasteiger charge is -2.43. The highest BCUT2D eigenvalue weighted by atomic mass is 16.6. The smallest absolute Gasteiger partial charge is 0.411 e. The molecule has 5 nitrogen and oxygen atoms in total. The summed E-state index contributed by atoms with van der Waals surface area (Å²) in [6.45, 7) is 6.14. The van der Waals surface area contributed by atoms with Crippen LogP contribution in [0, 0.1) is 0 Å². The van der Waals surface area contributed by atoms with Gasteiger partial charge in [0.2, 0.25) is 0 Å². The average Bonchev–Trinajstić information content (AvgIpc) is 2.72. The first-order chi connectivity index (χ1) is 13.8. The second-order valence-electron chi connectivity index (χ2n) is 8.36. The summed E-state index contributed by atoms with van der Waals surface area (Å²) in [7, 11) is 0. The van der Waals surface area contributed by atoms with E-state index in [0.29, 0.717) is 25.8 Å². The Labute approximate surface area is 172 Å². The van der Waals surface area contributed by atoms with E-state index in [0.717, 1.165) is 16.7 Å². The predicted molar refractivity (Wildman–Crippen MR) is 112 cm³/mol. The van der Waals surface area contributed by atoms with Crippen molar-refractivity contribution in [3.63, 3.8) is 0 Å². The third-order valence-electron chi connectivity index (χ3n) is 5.88. The van der Waals surface area contributed by atoms with Crippen LogP contribution in [0.25, 0.3) is 0 Å². The van der Waals surface area contributed by atoms with Gasteiger partial charge < -0.3 is 19.8 Å². The molecule has 1 amide bonds. The van der Waals surface area contributed by atoms with E-state index >= 15 is 0 Å². The van der Waals surface area contributed by atoms with E-state index in [1.165, 1.54) is 0 Å². The summed E-state index contributed by atoms with van der Waals surface area (Å²) >= 11 is 0. The maximum absolute atomic E-state index is 13.0. The maximum Gasteiger partial charge on any atom is 0.411 e. The number of rotatable bonds is 7. The quantitative estimate of drug-likeness (QED) is 0.722. The lowest BCUT2D eigenvalue weighted by Crippen LogP contribution is -2.48. The van der Waals surface area contributed by atoms with Crippen molar-refractivity contribution in [1.29, 1.82) is 0 Å². The topological polar surface area (TPSA) is 70.0 Å². The molecule has 3 rings (SSSR count). The molecule has 0 aliphatic carbocycles. The van der Waals surface area contributed by atoms with Gasteiger partial charge in [0.05, 0.1) is 11.6 Å². The molecule has 0 radical (unpaired) electrons. The molecule has 29 heavy (non-hydrogen) atoms. The van der Waals surface area contributed by atoms with Gasteiger partial charge in [-0.05, 0) is 50.3 Å². The molecule has 0 spiro atoms. The van der Waals surface area contributed by atoms with Gasteiger partial charge >= 0.3 is 6.09 Å². The molecule has 156 valence electrons. The zero-order chi connectivity index (χ0) is 21.1. The standard InChI is InChI=1S/C24H31NO4/c1-18(19-10-12-20(13-11-19)23(2,3)28)25-16-15-24(14-7-17-26,29-22(25)27)21-8-5-4-6-9-21/h4-6,8-13,18,26,28H,7,14-17H2,1-3H3/t18?,24-/m1/s1. The Bertz CT molecular complexity index is 813. The summed E-state index contributed by atoms with van der Waals surface area (Å²) in [6.07, 6.45) is 1.52. The van der Waals surface area contributed by atoms with Crippen molar-refractivity contribution in [2.24, 2.45) is 0 Å². The molecule has 2 aromatic carbocycles. The third kappa shape index (κ3) is 4.62. The molecule has 2 atom stereocenters. The Morgan fingerprint density at radius 3 is 2.34 bits per heavy atom. The highest BCUT2D eigenvalue weighted by Crippen LogP contribution is 2.40. The van der Waals surface area contributed by atoms with E-state index in [-0.39, 0.29) is 18.7 Å². The number of amides is 1. The Hall–Kier alpha value is -2.37. The molecule has 5 heteroatoms. The minimum Gasteiger partial charge on any atom is -0.438 e. The van der Waals surface area contributed by atoms with Gasteiger partial charge in [-0.1, -0.05) is 54.6 Å². The first kappa shape index (κ1) is 21.3. The van der Waals surface area contributed by atoms with Crippen molar-refractivity contribution >= 4 is 6.09 Å². The molecular formula is C24H31NO4. The minimum atomic E-state index is -0.895. The lowest BCUT2D eigenvalue weighted by atomic mass is 9.84. The fourth-order valence-electron chi connectivity index (χ4n) is 4.00. The summed E-state index contributed by atoms with van der Waals surface area (Å²) in [5.41, 5.74) is 1.22. The minimum absolute atomic E-state index is 0.0693. The van der Waals surface area contributed by atoms with E-state index in [1.807, 2.05) is 61.5 Å². The van der Waals surface area contributed by atoms with Gasteiger partial charge in [0.25, 0.3) is 0 Å². The first-order valence-corrected chi connectivity index (χ1v) is 10.3. The Morgan fingerprint density at radius 1 is 1.14 bits per heavy atom. The summed E-state index contributed by atoms with van der Waals surface area (Å²) in [5, 5.41) is 19.5. The third-order valence-corrected chi connectivity index (χ3v) is 5.88. The molecule has 1 fully saturated rings. The van der Waals surface area contributed by atoms with Crippen LogP contribution < -0.4 is 0 Å². The fourth-order valence-corrected chi connectivity index (χ4v) is 4.00. The van der Waals surface area contributed by atoms with Crippen molar-refractivity contribution in [1.82, 2.24) is 4.90 Å². The van der Waals surface area contributed by atoms with Crippen LogP contribution in [-0.4, -0.2) is 34.4 Å². The summed E-state index contributed by atoms with van der Waals surface area (Å²) < 4.78 is 6.03. The largest absolute Gasteiger partial charge is 0.438 e. The number of aliphatic hydroxyl groups is 2. The van der Waals surface area contributed by atoms with Crippen LogP contribution in [0.4, 0.5) is 4.79 Å². The molecule has 1 saturated heterocycles. The molecule has 2 aromatic rings. The zero-order valence-corrected chi connectivity index (χ0v) is 17.5. The normalized spacial score (nSPS) is 21.0. The van der Waals surface area contributed by atoms with Crippen LogP contribution in [0.1, 0.15) is 62.8 Å². The Morgan fingerprint density at radius 2 is 1.79 bits per heavy atom. The van der Waals surface area contributed by atoms with Crippen LogP contribution in [0.5, 0.6) is 0 Å². The summed E-state index contributed by atoms with van der Waals surface area (Å²) in [5.74, 6) is 0. The number of aliphatic hydroxyl groups excluding tert-OH is 1. The van der Waals surface area contributed by atoms with Crippen molar-refractivity contribution < 1.29 is 19.7 Å². The lowest BCUT2D eigenvalue weighted by molar-refractivity contribution is -0.0680. The number of benzene rings is 2. The molecule has 0 saturated carbocycles. The van der Waals surface area contributed by atoms with Gasteiger partial charge in [-0.25, -0.2) is 4.79 Å². The second kappa shape index (κ2) is 8.56. The van der Waals surface area contributed by atoms with Gasteiger partial charge in [0, 0.05) is 19.6 Å². The van der Waals surface area contributed by atoms with E-state index < -0.39 is 11.2 Å². The van der Waals surface area contributed by atoms with Gasteiger partial charge in [-0.15, -0.1) is 0 Å². The van der Waals surface area contributed by atoms with E-state index in [1.54, 1.807) is 18.7 Å². The van der Waals surface area contributed by atoms with E-state index in [2.05, 4.69) is 0 Å². The highest BCUT2D eigenvalue weighted by Gasteiger charge is 2.43. The SMILES string of the molecule is CC(c1ccc(C(C)(C)O)cc1)N1CC[C@](CCCO)(c2ccccc2)OC1=O. The molecule has 1 unspecified atom stereocenters. The van der Waals surface area contributed by atoms with Gasteiger partial charge in [0.1, 0.15) is 5.60 Å². The Balaban J connectivity index is 1.78. The van der Waals surface area contributed by atoms with Gasteiger partial charge in [-0.3, -0.25) is 0 Å². The molecular weight excluding hydrogens is 366 g/mol. The maximum atomic E-state index is 13.0. The van der Waals surface area contributed by atoms with Crippen LogP contribution >= 0.6 is 0 Å². The zero-order valence-electron chi connectivity index (χ0n) is 17.5. The summed E-state index contributed by atoms with van der Waals surface area (Å²) in [6, 6.07) is 17.4. The van der Waals surface area contributed by atoms with Crippen LogP contribution in [0.2, 0.25) is 0 Å². The number of carbonyl (C=O) groups is 1. The Kier molecular flexibility index (Phi) is 6.30. The highest BCUT2D eigenvalue weighted by molar-refractivity contribution is 5.70. The van der Waals surface area contributed by atoms with Crippen molar-refractivity contribution in [2.45, 2.75) is 57.3 Å². The second-order valence-corrected chi connectivity index (χ2v) is 8.36. The van der Waals surface area contributed by atoms with Gasteiger partial charge in [-0.2, -0.15) is 0 Å². The van der Waals surface area contributed by atoms with Crippen LogP contribution in [0.15, 0.2) is 54.6 Å². The molecule has 1 aliphatic rings. The van der Waals surface area contributed by atoms with Gasteiger partial charge in [0.15, 0.2) is 0 Å². The molecule has 1 heterocycles. The average molecular weight is 398 g/mol. The number of nitrogens with zero attached hydrogens (tertiary/aromatic N) is 1. The number of hydrogen-bond acceptors (Lipinski definition) is 4. The van der Waals surface area contributed by atoms with Crippen LogP contribution in [0.3, 0.4) is 0 Å². The predicted octanol–water partition coefficient (Wildman–Crippen LogP) is 4.49.